The van der Waals surface area contributed by atoms with Crippen molar-refractivity contribution in [2.45, 2.75) is 41.1 Å². The largest absolute Gasteiger partial charge is 0.347 e. The number of carbonyl (C=O) groups excluding carboxylic acids is 1. The van der Waals surface area contributed by atoms with Crippen LogP contribution in [0.15, 0.2) is 47.9 Å². The first-order valence-corrected chi connectivity index (χ1v) is 9.19. The summed E-state index contributed by atoms with van der Waals surface area (Å²) in [6, 6.07) is 8.09. The molecule has 6 heteroatoms. The molecule has 1 atom stereocenters. The quantitative estimate of drug-likeness (QED) is 0.789. The van der Waals surface area contributed by atoms with Gasteiger partial charge in [0.15, 0.2) is 21.4 Å². The normalized spacial score (nSPS) is 27.0. The van der Waals surface area contributed by atoms with Gasteiger partial charge < -0.3 is 9.47 Å². The average Bonchev–Trinajstić information content (AvgIpc) is 3.02. The van der Waals surface area contributed by atoms with Gasteiger partial charge in [-0.3, -0.25) is 4.79 Å². The van der Waals surface area contributed by atoms with Crippen molar-refractivity contribution in [3.05, 3.63) is 43.0 Å². The molecule has 0 amide bonds. The molecule has 2 fully saturated rings. The molecular weight excluding hydrogens is 316 g/mol. The van der Waals surface area contributed by atoms with E-state index in [0.29, 0.717) is 26.1 Å². The highest BCUT2D eigenvalue weighted by Crippen LogP contribution is 2.47. The molecule has 1 aromatic rings. The molecule has 1 aromatic carbocycles. The lowest BCUT2D eigenvalue weighted by molar-refractivity contribution is -0.184. The lowest BCUT2D eigenvalue weighted by atomic mass is 9.81. The molecule has 1 saturated carbocycles. The second-order valence-corrected chi connectivity index (χ2v) is 8.28. The van der Waals surface area contributed by atoms with Crippen LogP contribution in [0.25, 0.3) is 0 Å². The summed E-state index contributed by atoms with van der Waals surface area (Å²) in [6.45, 7) is 4.35. The van der Waals surface area contributed by atoms with E-state index >= 15 is 0 Å². The molecule has 0 radical (unpaired) electrons. The topological polar surface area (TPSA) is 69.7 Å². The average molecular weight is 336 g/mol. The van der Waals surface area contributed by atoms with Gasteiger partial charge in [-0.15, -0.1) is 0 Å². The zero-order valence-electron chi connectivity index (χ0n) is 12.9. The molecule has 1 spiro atoms. The number of ether oxygens (including phenoxy) is 2. The first kappa shape index (κ1) is 16.4. The fourth-order valence-corrected chi connectivity index (χ4v) is 5.72. The Morgan fingerprint density at radius 1 is 1.13 bits per heavy atom. The number of benzene rings is 1. The van der Waals surface area contributed by atoms with E-state index in [9.17, 15) is 13.2 Å². The third-order valence-corrected chi connectivity index (χ3v) is 7.18. The Morgan fingerprint density at radius 2 is 1.78 bits per heavy atom. The summed E-state index contributed by atoms with van der Waals surface area (Å²) in [5.41, 5.74) is 0. The van der Waals surface area contributed by atoms with E-state index in [-0.39, 0.29) is 17.7 Å². The van der Waals surface area contributed by atoms with Gasteiger partial charge in [0.25, 0.3) is 0 Å². The number of allylic oxidation sites excluding steroid dienone is 1. The fraction of sp³-hybridized carbons (Fsp3) is 0.471. The molecule has 1 heterocycles. The van der Waals surface area contributed by atoms with Gasteiger partial charge in [-0.2, -0.15) is 0 Å². The van der Waals surface area contributed by atoms with E-state index in [1.54, 1.807) is 18.2 Å². The van der Waals surface area contributed by atoms with Gasteiger partial charge in [-0.25, -0.2) is 8.42 Å². The second kappa shape index (κ2) is 5.85. The van der Waals surface area contributed by atoms with Crippen molar-refractivity contribution in [2.75, 3.05) is 13.2 Å². The van der Waals surface area contributed by atoms with Crippen LogP contribution in [0, 0.1) is 0 Å². The SMILES string of the molecule is C=CC(=O)C1(S(=O)(=O)c2ccccc2)CCCC2(C1)OCCO2. The molecule has 3 rings (SSSR count). The first-order chi connectivity index (χ1) is 11.0. The van der Waals surface area contributed by atoms with Crippen LogP contribution in [0.1, 0.15) is 25.7 Å². The molecular formula is C17H20O5S. The Balaban J connectivity index is 2.11. The summed E-state index contributed by atoms with van der Waals surface area (Å²) in [4.78, 5) is 12.8. The summed E-state index contributed by atoms with van der Waals surface area (Å²) in [5.74, 6) is -1.46. The minimum Gasteiger partial charge on any atom is -0.347 e. The van der Waals surface area contributed by atoms with E-state index in [1.807, 2.05) is 0 Å². The van der Waals surface area contributed by atoms with Gasteiger partial charge in [0.2, 0.25) is 0 Å². The molecule has 1 aliphatic heterocycles. The van der Waals surface area contributed by atoms with Crippen molar-refractivity contribution < 1.29 is 22.7 Å². The van der Waals surface area contributed by atoms with Crippen molar-refractivity contribution in [1.29, 1.82) is 0 Å². The van der Waals surface area contributed by atoms with Gasteiger partial charge in [0.05, 0.1) is 18.1 Å². The number of carbonyl (C=O) groups is 1. The summed E-state index contributed by atoms with van der Waals surface area (Å²) >= 11 is 0. The number of sulfone groups is 1. The Hall–Kier alpha value is -1.50. The van der Waals surface area contributed by atoms with Crippen molar-refractivity contribution in [3.8, 4) is 0 Å². The van der Waals surface area contributed by atoms with Crippen LogP contribution in [0.4, 0.5) is 0 Å². The van der Waals surface area contributed by atoms with E-state index in [2.05, 4.69) is 6.58 Å². The van der Waals surface area contributed by atoms with Crippen LogP contribution < -0.4 is 0 Å². The number of rotatable bonds is 4. The maximum atomic E-state index is 13.3. The van der Waals surface area contributed by atoms with Crippen molar-refractivity contribution in [2.24, 2.45) is 0 Å². The van der Waals surface area contributed by atoms with Crippen LogP contribution >= 0.6 is 0 Å². The summed E-state index contributed by atoms with van der Waals surface area (Å²) < 4.78 is 36.3. The third kappa shape index (κ3) is 2.55. The van der Waals surface area contributed by atoms with E-state index in [4.69, 9.17) is 9.47 Å². The van der Waals surface area contributed by atoms with Gasteiger partial charge in [-0.1, -0.05) is 24.8 Å². The fourth-order valence-electron chi connectivity index (χ4n) is 3.58. The second-order valence-electron chi connectivity index (χ2n) is 6.02. The van der Waals surface area contributed by atoms with Crippen molar-refractivity contribution >= 4 is 15.6 Å². The third-order valence-electron chi connectivity index (χ3n) is 4.71. The molecule has 1 saturated heterocycles. The summed E-state index contributed by atoms with van der Waals surface area (Å²) in [7, 11) is -3.88. The van der Waals surface area contributed by atoms with Crippen molar-refractivity contribution in [1.82, 2.24) is 0 Å². The minimum atomic E-state index is -3.88. The van der Waals surface area contributed by atoms with E-state index in [1.165, 1.54) is 12.1 Å². The number of hydrogen-bond donors (Lipinski definition) is 0. The molecule has 124 valence electrons. The van der Waals surface area contributed by atoms with Crippen molar-refractivity contribution in [3.63, 3.8) is 0 Å². The molecule has 1 aliphatic carbocycles. The molecule has 0 aromatic heterocycles. The lowest BCUT2D eigenvalue weighted by Crippen LogP contribution is -2.55. The monoisotopic (exact) mass is 336 g/mol. The van der Waals surface area contributed by atoms with Crippen LogP contribution in [-0.4, -0.2) is 37.9 Å². The van der Waals surface area contributed by atoms with Gasteiger partial charge in [0, 0.05) is 12.8 Å². The number of ketones is 1. The summed E-state index contributed by atoms with van der Waals surface area (Å²) in [5, 5.41) is 0. The van der Waals surface area contributed by atoms with E-state index < -0.39 is 26.2 Å². The van der Waals surface area contributed by atoms with Crippen LogP contribution in [0.2, 0.25) is 0 Å². The Bertz CT molecular complexity index is 704. The molecule has 23 heavy (non-hydrogen) atoms. The highest BCUT2D eigenvalue weighted by atomic mass is 32.2. The zero-order valence-corrected chi connectivity index (χ0v) is 13.7. The standard InChI is InChI=1S/C17H20O5S/c1-2-15(18)16(23(19,20)14-7-4-3-5-8-14)9-6-10-17(13-16)21-11-12-22-17/h2-5,7-8H,1,6,9-13H2. The Labute approximate surface area is 136 Å². The van der Waals surface area contributed by atoms with Crippen LogP contribution in [0.3, 0.4) is 0 Å². The maximum absolute atomic E-state index is 13.3. The highest BCUT2D eigenvalue weighted by molar-refractivity contribution is 7.93. The molecule has 1 unspecified atom stereocenters. The molecule has 0 bridgehead atoms. The Kier molecular flexibility index (Phi) is 4.16. The zero-order chi connectivity index (χ0) is 16.6. The first-order valence-electron chi connectivity index (χ1n) is 7.70. The molecule has 0 N–H and O–H groups in total. The highest BCUT2D eigenvalue weighted by Gasteiger charge is 2.58. The molecule has 5 nitrogen and oxygen atoms in total. The van der Waals surface area contributed by atoms with Crippen LogP contribution in [-0.2, 0) is 24.1 Å². The van der Waals surface area contributed by atoms with Gasteiger partial charge in [0.1, 0.15) is 4.75 Å². The lowest BCUT2D eigenvalue weighted by Gasteiger charge is -2.42. The maximum Gasteiger partial charge on any atom is 0.191 e. The minimum absolute atomic E-state index is 0.0160. The Morgan fingerprint density at radius 3 is 2.39 bits per heavy atom. The predicted molar refractivity (Wildman–Crippen MR) is 84.7 cm³/mol. The van der Waals surface area contributed by atoms with Gasteiger partial charge >= 0.3 is 0 Å². The van der Waals surface area contributed by atoms with E-state index in [0.717, 1.165) is 6.08 Å². The van der Waals surface area contributed by atoms with Gasteiger partial charge in [-0.05, 0) is 31.1 Å². The number of hydrogen-bond acceptors (Lipinski definition) is 5. The predicted octanol–water partition coefficient (Wildman–Crippen LogP) is 2.27. The molecule has 2 aliphatic rings. The van der Waals surface area contributed by atoms with Crippen LogP contribution in [0.5, 0.6) is 0 Å². The summed E-state index contributed by atoms with van der Waals surface area (Å²) in [6.07, 6.45) is 2.52. The smallest absolute Gasteiger partial charge is 0.191 e.